The summed E-state index contributed by atoms with van der Waals surface area (Å²) in [4.78, 5) is 36.9. The van der Waals surface area contributed by atoms with Crippen molar-refractivity contribution in [3.05, 3.63) is 109 Å². The third-order valence-corrected chi connectivity index (χ3v) is 8.64. The summed E-state index contributed by atoms with van der Waals surface area (Å²) in [5, 5.41) is 9.61. The number of hydrogen-bond acceptors (Lipinski definition) is 6. The number of unbranched alkanes of at least 4 members (excludes halogenated alkanes) is 10. The highest BCUT2D eigenvalue weighted by atomic mass is 16.6. The van der Waals surface area contributed by atoms with Gasteiger partial charge < -0.3 is 23.8 Å². The molecule has 1 N–H and O–H groups in total. The van der Waals surface area contributed by atoms with Crippen LogP contribution in [0.5, 0.6) is 0 Å². The van der Waals surface area contributed by atoms with Crippen LogP contribution in [0.15, 0.2) is 109 Å². The predicted molar refractivity (Wildman–Crippen MR) is 233 cm³/mol. The number of carboxylic acid groups (broad SMARTS) is 1. The number of rotatable bonds is 35. The van der Waals surface area contributed by atoms with Gasteiger partial charge in [0.1, 0.15) is 6.61 Å². The van der Waals surface area contributed by atoms with E-state index in [0.717, 1.165) is 64.2 Å². The fourth-order valence-corrected chi connectivity index (χ4v) is 5.41. The summed E-state index contributed by atoms with van der Waals surface area (Å²) < 4.78 is 17.2. The van der Waals surface area contributed by atoms with Crippen LogP contribution in [-0.2, 0) is 28.6 Å². The number of allylic oxidation sites excluding steroid dienone is 18. The number of ether oxygens (including phenoxy) is 3. The monoisotopic (exact) mass is 779 g/mol. The molecule has 2 atom stereocenters. The highest BCUT2D eigenvalue weighted by Gasteiger charge is 2.31. The SMILES string of the molecule is CC/C=C/C=C/C=C/C=C/C=C/C=C/CCCCCC(=O)OCC(COCCC(C(=O)O)[N+](C)(C)C)OC(=O)CCCCCCCCC/C=C/C=C/C=C/CC. The van der Waals surface area contributed by atoms with Gasteiger partial charge in [0.05, 0.1) is 34.4 Å². The highest BCUT2D eigenvalue weighted by Crippen LogP contribution is 2.13. The molecule has 0 aromatic rings. The summed E-state index contributed by atoms with van der Waals surface area (Å²) in [7, 11) is 5.49. The van der Waals surface area contributed by atoms with Crippen LogP contribution in [0.25, 0.3) is 0 Å². The first-order chi connectivity index (χ1) is 27.1. The first kappa shape index (κ1) is 52.0. The molecule has 0 heterocycles. The lowest BCUT2D eigenvalue weighted by Gasteiger charge is -2.31. The van der Waals surface area contributed by atoms with E-state index in [1.165, 1.54) is 19.3 Å². The van der Waals surface area contributed by atoms with Gasteiger partial charge in [-0.05, 0) is 51.4 Å². The molecule has 0 saturated carbocycles. The molecule has 0 aliphatic carbocycles. The molecular formula is C48H76NO7+. The number of nitrogens with zero attached hydrogens (tertiary/aromatic N) is 1. The van der Waals surface area contributed by atoms with Crippen LogP contribution in [0.2, 0.25) is 0 Å². The number of esters is 2. The van der Waals surface area contributed by atoms with Gasteiger partial charge in [-0.3, -0.25) is 9.59 Å². The average molecular weight is 779 g/mol. The second kappa shape index (κ2) is 37.9. The van der Waals surface area contributed by atoms with Gasteiger partial charge in [0, 0.05) is 19.3 Å². The van der Waals surface area contributed by atoms with E-state index in [9.17, 15) is 19.5 Å². The van der Waals surface area contributed by atoms with Crippen LogP contribution >= 0.6 is 0 Å². The lowest BCUT2D eigenvalue weighted by molar-refractivity contribution is -0.887. The third kappa shape index (κ3) is 35.7. The van der Waals surface area contributed by atoms with Crippen molar-refractivity contribution in [1.82, 2.24) is 0 Å². The van der Waals surface area contributed by atoms with Gasteiger partial charge >= 0.3 is 17.9 Å². The summed E-state index contributed by atoms with van der Waals surface area (Å²) in [6.45, 7) is 4.37. The molecule has 0 aliphatic rings. The zero-order chi connectivity index (χ0) is 41.4. The summed E-state index contributed by atoms with van der Waals surface area (Å²) in [6, 6.07) is -0.631. The number of likely N-dealkylation sites (N-methyl/N-ethyl adjacent to an activating group) is 1. The molecule has 0 aromatic carbocycles. The smallest absolute Gasteiger partial charge is 0.362 e. The molecule has 0 spiro atoms. The Bertz CT molecular complexity index is 1280. The van der Waals surface area contributed by atoms with Crippen LogP contribution in [0.1, 0.15) is 123 Å². The molecular weight excluding hydrogens is 703 g/mol. The van der Waals surface area contributed by atoms with Crippen molar-refractivity contribution in [3.63, 3.8) is 0 Å². The van der Waals surface area contributed by atoms with Crippen LogP contribution in [0, 0.1) is 0 Å². The largest absolute Gasteiger partial charge is 0.477 e. The first-order valence-corrected chi connectivity index (χ1v) is 21.0. The maximum Gasteiger partial charge on any atom is 0.362 e. The van der Waals surface area contributed by atoms with E-state index in [1.807, 2.05) is 81.9 Å². The average Bonchev–Trinajstić information content (AvgIpc) is 3.15. The molecule has 314 valence electrons. The van der Waals surface area contributed by atoms with Crippen molar-refractivity contribution >= 4 is 17.9 Å². The van der Waals surface area contributed by atoms with Gasteiger partial charge in [0.15, 0.2) is 12.1 Å². The van der Waals surface area contributed by atoms with Crippen molar-refractivity contribution in [3.8, 4) is 0 Å². The molecule has 0 aliphatic heterocycles. The number of hydrogen-bond donors (Lipinski definition) is 1. The fourth-order valence-electron chi connectivity index (χ4n) is 5.41. The van der Waals surface area contributed by atoms with E-state index in [0.29, 0.717) is 25.7 Å². The molecule has 8 nitrogen and oxygen atoms in total. The van der Waals surface area contributed by atoms with Crippen molar-refractivity contribution in [2.75, 3.05) is 41.0 Å². The number of aliphatic carboxylic acids is 1. The van der Waals surface area contributed by atoms with Gasteiger partial charge in [-0.25, -0.2) is 4.79 Å². The van der Waals surface area contributed by atoms with E-state index in [4.69, 9.17) is 14.2 Å². The molecule has 0 rings (SSSR count). The van der Waals surface area contributed by atoms with Crippen molar-refractivity contribution < 1.29 is 38.2 Å². The Kier molecular flexibility index (Phi) is 35.2. The van der Waals surface area contributed by atoms with Crippen molar-refractivity contribution in [2.24, 2.45) is 0 Å². The summed E-state index contributed by atoms with van der Waals surface area (Å²) >= 11 is 0. The van der Waals surface area contributed by atoms with Gasteiger partial charge in [0.2, 0.25) is 0 Å². The first-order valence-electron chi connectivity index (χ1n) is 21.0. The number of quaternary nitrogens is 1. The van der Waals surface area contributed by atoms with E-state index < -0.39 is 18.1 Å². The minimum atomic E-state index is -0.890. The summed E-state index contributed by atoms with van der Waals surface area (Å²) in [5.41, 5.74) is 0. The molecule has 0 bridgehead atoms. The van der Waals surface area contributed by atoms with E-state index in [-0.39, 0.29) is 36.2 Å². The molecule has 0 fully saturated rings. The van der Waals surface area contributed by atoms with Gasteiger partial charge in [-0.2, -0.15) is 0 Å². The second-order valence-corrected chi connectivity index (χ2v) is 14.7. The van der Waals surface area contributed by atoms with E-state index in [2.05, 4.69) is 62.5 Å². The summed E-state index contributed by atoms with van der Waals surface area (Å²) in [6.07, 6.45) is 51.3. The van der Waals surface area contributed by atoms with Gasteiger partial charge in [-0.15, -0.1) is 0 Å². The van der Waals surface area contributed by atoms with Gasteiger partial charge in [-0.1, -0.05) is 162 Å². The van der Waals surface area contributed by atoms with Crippen LogP contribution in [-0.4, -0.2) is 80.6 Å². The lowest BCUT2D eigenvalue weighted by Crippen LogP contribution is -2.50. The Morgan fingerprint density at radius 3 is 1.41 bits per heavy atom. The molecule has 0 radical (unpaired) electrons. The molecule has 0 amide bonds. The lowest BCUT2D eigenvalue weighted by atomic mass is 10.1. The van der Waals surface area contributed by atoms with Crippen molar-refractivity contribution in [2.45, 2.75) is 135 Å². The van der Waals surface area contributed by atoms with E-state index in [1.54, 1.807) is 0 Å². The van der Waals surface area contributed by atoms with Gasteiger partial charge in [0.25, 0.3) is 0 Å². The zero-order valence-corrected chi connectivity index (χ0v) is 35.5. The Morgan fingerprint density at radius 2 is 0.946 bits per heavy atom. The standard InChI is InChI=1S/C48H75NO7/c1-6-8-10-12-14-16-18-20-22-23-25-26-28-30-32-34-36-38-46(50)55-43-44(42-54-41-40-45(48(52)53)49(3,4)5)56-47(51)39-37-35-33-31-29-27-24-21-19-17-15-13-11-9-7-2/h8-20,22-23,25-26,28,44-45H,6-7,21,24,27,29-43H2,1-5H3/p+1/b10-8+,11-9+,14-12+,15-13+,18-16+,19-17+,22-20+,25-23+,28-26+. The fraction of sp³-hybridized carbons (Fsp3) is 0.562. The number of carbonyl (C=O) groups excluding carboxylic acids is 2. The Hall–Kier alpha value is -4.01. The normalized spacial score (nSPS) is 14.1. The molecule has 8 heteroatoms. The number of carboxylic acids is 1. The van der Waals surface area contributed by atoms with Crippen molar-refractivity contribution in [1.29, 1.82) is 0 Å². The second-order valence-electron chi connectivity index (χ2n) is 14.7. The minimum Gasteiger partial charge on any atom is -0.477 e. The molecule has 56 heavy (non-hydrogen) atoms. The quantitative estimate of drug-likeness (QED) is 0.0296. The Morgan fingerprint density at radius 1 is 0.536 bits per heavy atom. The topological polar surface area (TPSA) is 99.1 Å². The maximum atomic E-state index is 12.7. The maximum absolute atomic E-state index is 12.7. The zero-order valence-electron chi connectivity index (χ0n) is 35.5. The Labute approximate surface area is 340 Å². The minimum absolute atomic E-state index is 0.0332. The highest BCUT2D eigenvalue weighted by molar-refractivity contribution is 5.72. The van der Waals surface area contributed by atoms with Crippen LogP contribution in [0.3, 0.4) is 0 Å². The molecule has 0 saturated heterocycles. The predicted octanol–water partition coefficient (Wildman–Crippen LogP) is 11.3. The molecule has 0 aromatic heterocycles. The summed E-state index contributed by atoms with van der Waals surface area (Å²) in [5.74, 6) is -1.56. The Balaban J connectivity index is 4.51. The van der Waals surface area contributed by atoms with Crippen LogP contribution < -0.4 is 0 Å². The van der Waals surface area contributed by atoms with E-state index >= 15 is 0 Å². The number of carbonyl (C=O) groups is 3. The molecule has 2 unspecified atom stereocenters. The van der Waals surface area contributed by atoms with Crippen LogP contribution in [0.4, 0.5) is 0 Å². The third-order valence-electron chi connectivity index (χ3n) is 8.64.